The molecule has 2 aromatic rings. The number of amides is 2. The summed E-state index contributed by atoms with van der Waals surface area (Å²) in [4.78, 5) is 35.8. The molecule has 0 radical (unpaired) electrons. The zero-order valence-corrected chi connectivity index (χ0v) is 17.5. The summed E-state index contributed by atoms with van der Waals surface area (Å²) in [6.45, 7) is 0.449. The molecule has 0 aromatic heterocycles. The van der Waals surface area contributed by atoms with Gasteiger partial charge in [-0.25, -0.2) is 4.79 Å². The van der Waals surface area contributed by atoms with Gasteiger partial charge in [0.05, 0.1) is 13.2 Å². The molecule has 5 N–H and O–H groups in total. The Balaban J connectivity index is 1.69. The van der Waals surface area contributed by atoms with Crippen molar-refractivity contribution in [3.63, 3.8) is 0 Å². The van der Waals surface area contributed by atoms with E-state index < -0.39 is 24.0 Å². The quantitative estimate of drug-likeness (QED) is 0.382. The summed E-state index contributed by atoms with van der Waals surface area (Å²) >= 11 is 0. The number of rotatable bonds is 12. The van der Waals surface area contributed by atoms with Crippen LogP contribution in [0.3, 0.4) is 0 Å². The van der Waals surface area contributed by atoms with Crippen LogP contribution >= 0.6 is 0 Å². The largest absolute Gasteiger partial charge is 0.497 e. The zero-order valence-electron chi connectivity index (χ0n) is 17.5. The van der Waals surface area contributed by atoms with Crippen molar-refractivity contribution in [2.45, 2.75) is 37.8 Å². The fraction of sp³-hybridized carbons (Fsp3) is 0.348. The molecule has 0 bridgehead atoms. The van der Waals surface area contributed by atoms with Gasteiger partial charge < -0.3 is 26.2 Å². The number of carboxylic acids is 1. The molecule has 2 amide bonds. The van der Waals surface area contributed by atoms with E-state index in [1.54, 1.807) is 31.4 Å². The van der Waals surface area contributed by atoms with Crippen molar-refractivity contribution in [3.05, 3.63) is 65.7 Å². The van der Waals surface area contributed by atoms with Crippen LogP contribution in [0.15, 0.2) is 54.6 Å². The lowest BCUT2D eigenvalue weighted by atomic mass is 10.0. The van der Waals surface area contributed by atoms with Crippen LogP contribution in [0.2, 0.25) is 0 Å². The molecule has 8 heteroatoms. The van der Waals surface area contributed by atoms with Crippen LogP contribution in [-0.4, -0.2) is 48.6 Å². The highest BCUT2D eigenvalue weighted by Crippen LogP contribution is 2.11. The van der Waals surface area contributed by atoms with Gasteiger partial charge >= 0.3 is 5.97 Å². The summed E-state index contributed by atoms with van der Waals surface area (Å²) in [7, 11) is 1.56. The summed E-state index contributed by atoms with van der Waals surface area (Å²) in [5.74, 6) is -1.11. The van der Waals surface area contributed by atoms with Gasteiger partial charge in [0.15, 0.2) is 0 Å². The molecule has 0 unspecified atom stereocenters. The first kappa shape index (κ1) is 23.9. The van der Waals surface area contributed by atoms with Gasteiger partial charge in [0, 0.05) is 18.5 Å². The number of aliphatic carboxylic acids is 1. The topological polar surface area (TPSA) is 131 Å². The van der Waals surface area contributed by atoms with Gasteiger partial charge in [-0.05, 0) is 49.1 Å². The van der Waals surface area contributed by atoms with Crippen LogP contribution < -0.4 is 21.1 Å². The van der Waals surface area contributed by atoms with Crippen LogP contribution in [0, 0.1) is 0 Å². The molecule has 0 spiro atoms. The third-order valence-electron chi connectivity index (χ3n) is 4.81. The predicted molar refractivity (Wildman–Crippen MR) is 117 cm³/mol. The average Bonchev–Trinajstić information content (AvgIpc) is 2.78. The second-order valence-corrected chi connectivity index (χ2v) is 7.18. The van der Waals surface area contributed by atoms with Gasteiger partial charge in [0.2, 0.25) is 5.91 Å². The summed E-state index contributed by atoms with van der Waals surface area (Å²) in [6.07, 6.45) is 1.84. The predicted octanol–water partition coefficient (Wildman–Crippen LogP) is 1.73. The Hall–Kier alpha value is -3.39. The maximum absolute atomic E-state index is 12.3. The number of hydrogen-bond acceptors (Lipinski definition) is 5. The highest BCUT2D eigenvalue weighted by atomic mass is 16.5. The van der Waals surface area contributed by atoms with E-state index in [9.17, 15) is 19.5 Å². The third kappa shape index (κ3) is 8.10. The summed E-state index contributed by atoms with van der Waals surface area (Å²) < 4.78 is 5.06. The number of carbonyl (C=O) groups excluding carboxylic acids is 2. The number of nitrogens with two attached hydrogens (primary N) is 1. The fourth-order valence-electron chi connectivity index (χ4n) is 3.00. The molecule has 0 aliphatic carbocycles. The Morgan fingerprint density at radius 3 is 2.32 bits per heavy atom. The molecule has 0 heterocycles. The zero-order chi connectivity index (χ0) is 22.6. The van der Waals surface area contributed by atoms with Crippen LogP contribution in [-0.2, 0) is 16.0 Å². The molecule has 0 fully saturated rings. The highest BCUT2D eigenvalue weighted by molar-refractivity contribution is 5.94. The van der Waals surface area contributed by atoms with Crippen molar-refractivity contribution in [3.8, 4) is 5.75 Å². The van der Waals surface area contributed by atoms with E-state index >= 15 is 0 Å². The van der Waals surface area contributed by atoms with E-state index in [4.69, 9.17) is 10.5 Å². The van der Waals surface area contributed by atoms with Crippen LogP contribution in [0.5, 0.6) is 5.75 Å². The van der Waals surface area contributed by atoms with Crippen LogP contribution in [0.1, 0.15) is 35.2 Å². The molecule has 0 saturated heterocycles. The number of nitrogens with one attached hydrogen (secondary N) is 2. The Morgan fingerprint density at radius 2 is 1.71 bits per heavy atom. The first-order valence-electron chi connectivity index (χ1n) is 10.2. The molecular weight excluding hydrogens is 398 g/mol. The number of ether oxygens (including phenoxy) is 1. The summed E-state index contributed by atoms with van der Waals surface area (Å²) in [5, 5.41) is 14.7. The van der Waals surface area contributed by atoms with Gasteiger partial charge in [-0.15, -0.1) is 0 Å². The van der Waals surface area contributed by atoms with Crippen molar-refractivity contribution in [1.82, 2.24) is 10.6 Å². The van der Waals surface area contributed by atoms with Crippen molar-refractivity contribution >= 4 is 17.8 Å². The maximum atomic E-state index is 12.3. The number of methoxy groups -OCH3 is 1. The molecule has 0 aliphatic heterocycles. The van der Waals surface area contributed by atoms with Crippen molar-refractivity contribution in [2.24, 2.45) is 5.73 Å². The van der Waals surface area contributed by atoms with E-state index in [1.165, 1.54) is 0 Å². The molecule has 2 aromatic carbocycles. The fourth-order valence-corrected chi connectivity index (χ4v) is 3.00. The van der Waals surface area contributed by atoms with Gasteiger partial charge in [-0.3, -0.25) is 9.59 Å². The first-order valence-corrected chi connectivity index (χ1v) is 10.2. The highest BCUT2D eigenvalue weighted by Gasteiger charge is 2.23. The molecule has 2 rings (SSSR count). The molecule has 2 atom stereocenters. The monoisotopic (exact) mass is 427 g/mol. The Morgan fingerprint density at radius 1 is 1.03 bits per heavy atom. The van der Waals surface area contributed by atoms with E-state index in [-0.39, 0.29) is 12.3 Å². The minimum absolute atomic E-state index is 0.185. The average molecular weight is 428 g/mol. The third-order valence-corrected chi connectivity index (χ3v) is 4.81. The van der Waals surface area contributed by atoms with Crippen LogP contribution in [0.25, 0.3) is 0 Å². The lowest BCUT2D eigenvalue weighted by molar-refractivity contribution is -0.142. The van der Waals surface area contributed by atoms with Gasteiger partial charge in [-0.2, -0.15) is 0 Å². The van der Waals surface area contributed by atoms with Crippen molar-refractivity contribution in [2.75, 3.05) is 13.7 Å². The van der Waals surface area contributed by atoms with Crippen molar-refractivity contribution < 1.29 is 24.2 Å². The second-order valence-electron chi connectivity index (χ2n) is 7.18. The minimum atomic E-state index is -1.11. The standard InChI is InChI=1S/C23H29N3O5/c1-31-18-12-10-17(11-13-18)21(27)25-14-6-5-9-19(24)22(28)26-20(23(29)30)15-16-7-3-2-4-8-16/h2-4,7-8,10-13,19-20H,5-6,9,14-15,24H2,1H3,(H,25,27)(H,26,28)(H,29,30)/t19-,20+/m1/s1. The molecule has 0 aliphatic rings. The van der Waals surface area contributed by atoms with Gasteiger partial charge in [0.25, 0.3) is 5.91 Å². The van der Waals surface area contributed by atoms with Gasteiger partial charge in [0.1, 0.15) is 11.8 Å². The van der Waals surface area contributed by atoms with E-state index in [2.05, 4.69) is 10.6 Å². The normalized spacial score (nSPS) is 12.5. The molecule has 0 saturated carbocycles. The van der Waals surface area contributed by atoms with Crippen molar-refractivity contribution in [1.29, 1.82) is 0 Å². The second kappa shape index (κ2) is 12.3. The molecule has 31 heavy (non-hydrogen) atoms. The number of benzene rings is 2. The molecular formula is C23H29N3O5. The number of carboxylic acid groups (broad SMARTS) is 1. The molecule has 8 nitrogen and oxygen atoms in total. The van der Waals surface area contributed by atoms with E-state index in [0.29, 0.717) is 37.1 Å². The lowest BCUT2D eigenvalue weighted by Crippen LogP contribution is -2.49. The summed E-state index contributed by atoms with van der Waals surface area (Å²) in [6, 6.07) is 14.0. The van der Waals surface area contributed by atoms with E-state index in [0.717, 1.165) is 5.56 Å². The maximum Gasteiger partial charge on any atom is 0.326 e. The molecule has 166 valence electrons. The summed E-state index contributed by atoms with van der Waals surface area (Å²) in [5.41, 5.74) is 7.27. The number of hydrogen-bond donors (Lipinski definition) is 4. The SMILES string of the molecule is COc1ccc(C(=O)NCCCC[C@@H](N)C(=O)N[C@@H](Cc2ccccc2)C(=O)O)cc1. The number of unbranched alkanes of at least 4 members (excludes halogenated alkanes) is 1. The Kier molecular flexibility index (Phi) is 9.51. The van der Waals surface area contributed by atoms with Crippen LogP contribution in [0.4, 0.5) is 0 Å². The lowest BCUT2D eigenvalue weighted by Gasteiger charge is -2.18. The Labute approximate surface area is 181 Å². The smallest absolute Gasteiger partial charge is 0.326 e. The Bertz CT molecular complexity index is 855. The minimum Gasteiger partial charge on any atom is -0.497 e. The number of carbonyl (C=O) groups is 3. The first-order chi connectivity index (χ1) is 14.9. The van der Waals surface area contributed by atoms with E-state index in [1.807, 2.05) is 30.3 Å². The van der Waals surface area contributed by atoms with Gasteiger partial charge in [-0.1, -0.05) is 30.3 Å².